The quantitative estimate of drug-likeness (QED) is 0.814. The molecule has 0 spiro atoms. The number of carboxylic acid groups (broad SMARTS) is 1. The maximum atomic E-state index is 10.5. The molecule has 1 heterocycles. The van der Waals surface area contributed by atoms with Gasteiger partial charge in [0.1, 0.15) is 6.33 Å². The molecule has 17 heavy (non-hydrogen) atoms. The minimum atomic E-state index is -0.820. The summed E-state index contributed by atoms with van der Waals surface area (Å²) < 4.78 is 1.98. The average Bonchev–Trinajstić information content (AvgIpc) is 2.86. The summed E-state index contributed by atoms with van der Waals surface area (Å²) in [5.74, 6) is 0.718. The molecule has 0 bridgehead atoms. The lowest BCUT2D eigenvalue weighted by Crippen LogP contribution is -2.09. The Kier molecular flexibility index (Phi) is 4.04. The highest BCUT2D eigenvalue weighted by Gasteiger charge is 2.22. The van der Waals surface area contributed by atoms with E-state index >= 15 is 0 Å². The van der Waals surface area contributed by atoms with Gasteiger partial charge in [-0.05, 0) is 24.7 Å². The Bertz CT molecular complexity index is 394. The molecule has 5 nitrogen and oxygen atoms in total. The summed E-state index contributed by atoms with van der Waals surface area (Å²) in [6, 6.07) is 0. The lowest BCUT2D eigenvalue weighted by molar-refractivity contribution is -0.133. The van der Waals surface area contributed by atoms with Crippen LogP contribution in [0.5, 0.6) is 0 Å². The Hall–Kier alpha value is -1.04. The predicted octanol–water partition coefficient (Wildman–Crippen LogP) is 1.89. The first-order chi connectivity index (χ1) is 8.15. The highest BCUT2D eigenvalue weighted by atomic mass is 32.2. The van der Waals surface area contributed by atoms with Gasteiger partial charge in [-0.25, -0.2) is 0 Å². The van der Waals surface area contributed by atoms with Gasteiger partial charge in [-0.2, -0.15) is 0 Å². The highest BCUT2D eigenvalue weighted by Crippen LogP contribution is 2.32. The van der Waals surface area contributed by atoms with Gasteiger partial charge < -0.3 is 9.67 Å². The molecule has 0 aromatic carbocycles. The largest absolute Gasteiger partial charge is 0.481 e. The van der Waals surface area contributed by atoms with Crippen molar-refractivity contribution in [1.29, 1.82) is 0 Å². The van der Waals surface area contributed by atoms with Crippen molar-refractivity contribution >= 4 is 17.7 Å². The predicted molar refractivity (Wildman–Crippen MR) is 64.9 cm³/mol. The third kappa shape index (κ3) is 3.46. The highest BCUT2D eigenvalue weighted by molar-refractivity contribution is 7.99. The number of hydrogen-bond donors (Lipinski definition) is 1. The van der Waals surface area contributed by atoms with Crippen molar-refractivity contribution in [2.24, 2.45) is 11.8 Å². The number of rotatable bonds is 5. The van der Waals surface area contributed by atoms with E-state index in [0.717, 1.165) is 12.5 Å². The Balaban J connectivity index is 1.92. The number of aromatic nitrogens is 3. The number of nitrogens with zero attached hydrogens (tertiary/aromatic N) is 3. The van der Waals surface area contributed by atoms with E-state index in [2.05, 4.69) is 17.1 Å². The van der Waals surface area contributed by atoms with E-state index in [1.165, 1.54) is 31.0 Å². The van der Waals surface area contributed by atoms with E-state index in [1.807, 2.05) is 4.57 Å². The molecule has 1 aliphatic carbocycles. The van der Waals surface area contributed by atoms with Gasteiger partial charge in [-0.1, -0.05) is 25.1 Å². The molecular weight excluding hydrogens is 238 g/mol. The third-order valence-corrected chi connectivity index (χ3v) is 4.13. The second kappa shape index (κ2) is 5.53. The zero-order valence-electron chi connectivity index (χ0n) is 9.87. The van der Waals surface area contributed by atoms with Crippen molar-refractivity contribution in [2.45, 2.75) is 37.9 Å². The summed E-state index contributed by atoms with van der Waals surface area (Å²) >= 11 is 1.24. The molecular formula is C11H17N3O2S. The van der Waals surface area contributed by atoms with E-state index in [-0.39, 0.29) is 5.75 Å². The zero-order chi connectivity index (χ0) is 12.3. The molecule has 1 aliphatic rings. The van der Waals surface area contributed by atoms with Crippen LogP contribution in [0.3, 0.4) is 0 Å². The fourth-order valence-electron chi connectivity index (χ4n) is 2.38. The zero-order valence-corrected chi connectivity index (χ0v) is 10.7. The lowest BCUT2D eigenvalue weighted by Gasteiger charge is -2.11. The standard InChI is InChI=1S/C11H17N3O2S/c1-8-2-3-9(4-8)5-14-7-12-13-11(14)17-6-10(15)16/h7-9H,2-6H2,1H3,(H,15,16). The van der Waals surface area contributed by atoms with Crippen LogP contribution < -0.4 is 0 Å². The van der Waals surface area contributed by atoms with Crippen LogP contribution in [0.4, 0.5) is 0 Å². The summed E-state index contributed by atoms with van der Waals surface area (Å²) in [4.78, 5) is 10.5. The van der Waals surface area contributed by atoms with Crippen LogP contribution in [0.25, 0.3) is 0 Å². The average molecular weight is 255 g/mol. The Labute approximate surface area is 105 Å². The molecule has 1 aromatic heterocycles. The molecule has 0 aliphatic heterocycles. The van der Waals surface area contributed by atoms with E-state index in [0.29, 0.717) is 11.1 Å². The monoisotopic (exact) mass is 255 g/mol. The Morgan fingerprint density at radius 2 is 2.47 bits per heavy atom. The summed E-state index contributed by atoms with van der Waals surface area (Å²) in [5.41, 5.74) is 0. The van der Waals surface area contributed by atoms with Crippen molar-refractivity contribution in [3.05, 3.63) is 6.33 Å². The topological polar surface area (TPSA) is 68.0 Å². The molecule has 1 saturated carbocycles. The molecule has 0 radical (unpaired) electrons. The van der Waals surface area contributed by atoms with Crippen LogP contribution in [-0.2, 0) is 11.3 Å². The number of hydrogen-bond acceptors (Lipinski definition) is 4. The van der Waals surface area contributed by atoms with Gasteiger partial charge in [0.25, 0.3) is 0 Å². The van der Waals surface area contributed by atoms with Crippen molar-refractivity contribution in [2.75, 3.05) is 5.75 Å². The molecule has 1 aromatic rings. The van der Waals surface area contributed by atoms with Crippen LogP contribution in [0.15, 0.2) is 11.5 Å². The summed E-state index contributed by atoms with van der Waals surface area (Å²) in [5, 5.41) is 17.2. The molecule has 0 amide bonds. The van der Waals surface area contributed by atoms with Crippen molar-refractivity contribution in [3.8, 4) is 0 Å². The van der Waals surface area contributed by atoms with Crippen LogP contribution in [0, 0.1) is 11.8 Å². The van der Waals surface area contributed by atoms with Crippen molar-refractivity contribution < 1.29 is 9.90 Å². The number of aliphatic carboxylic acids is 1. The Morgan fingerprint density at radius 3 is 3.12 bits per heavy atom. The van der Waals surface area contributed by atoms with Gasteiger partial charge in [0.2, 0.25) is 0 Å². The van der Waals surface area contributed by atoms with Gasteiger partial charge in [-0.15, -0.1) is 10.2 Å². The van der Waals surface area contributed by atoms with Gasteiger partial charge in [0.05, 0.1) is 5.75 Å². The molecule has 0 saturated heterocycles. The summed E-state index contributed by atoms with van der Waals surface area (Å²) in [6.45, 7) is 3.20. The lowest BCUT2D eigenvalue weighted by atomic mass is 10.1. The number of carboxylic acids is 1. The first-order valence-electron chi connectivity index (χ1n) is 5.87. The van der Waals surface area contributed by atoms with Crippen LogP contribution >= 0.6 is 11.8 Å². The van der Waals surface area contributed by atoms with E-state index in [1.54, 1.807) is 6.33 Å². The third-order valence-electron chi connectivity index (χ3n) is 3.16. The minimum absolute atomic E-state index is 0.0414. The van der Waals surface area contributed by atoms with Gasteiger partial charge in [-0.3, -0.25) is 4.79 Å². The fraction of sp³-hybridized carbons (Fsp3) is 0.727. The molecule has 2 atom stereocenters. The minimum Gasteiger partial charge on any atom is -0.481 e. The van der Waals surface area contributed by atoms with Gasteiger partial charge in [0.15, 0.2) is 5.16 Å². The second-order valence-electron chi connectivity index (χ2n) is 4.73. The van der Waals surface area contributed by atoms with E-state index < -0.39 is 5.97 Å². The van der Waals surface area contributed by atoms with Gasteiger partial charge >= 0.3 is 5.97 Å². The van der Waals surface area contributed by atoms with Crippen LogP contribution in [0.2, 0.25) is 0 Å². The van der Waals surface area contributed by atoms with E-state index in [9.17, 15) is 4.79 Å². The number of carbonyl (C=O) groups is 1. The normalized spacial score (nSPS) is 24.1. The van der Waals surface area contributed by atoms with Crippen molar-refractivity contribution in [1.82, 2.24) is 14.8 Å². The molecule has 2 unspecified atom stereocenters. The molecule has 1 fully saturated rings. The fourth-order valence-corrected chi connectivity index (χ4v) is 3.02. The molecule has 2 rings (SSSR count). The smallest absolute Gasteiger partial charge is 0.313 e. The molecule has 1 N–H and O–H groups in total. The maximum Gasteiger partial charge on any atom is 0.313 e. The van der Waals surface area contributed by atoms with Crippen LogP contribution in [0.1, 0.15) is 26.2 Å². The van der Waals surface area contributed by atoms with Crippen molar-refractivity contribution in [3.63, 3.8) is 0 Å². The summed E-state index contributed by atoms with van der Waals surface area (Å²) in [7, 11) is 0. The first kappa shape index (κ1) is 12.4. The Morgan fingerprint density at radius 1 is 1.65 bits per heavy atom. The number of thioether (sulfide) groups is 1. The first-order valence-corrected chi connectivity index (χ1v) is 6.86. The maximum absolute atomic E-state index is 10.5. The molecule has 6 heteroatoms. The van der Waals surface area contributed by atoms with Gasteiger partial charge in [0, 0.05) is 6.54 Å². The van der Waals surface area contributed by atoms with E-state index in [4.69, 9.17) is 5.11 Å². The van der Waals surface area contributed by atoms with Crippen LogP contribution in [-0.4, -0.2) is 31.6 Å². The summed E-state index contributed by atoms with van der Waals surface area (Å²) in [6.07, 6.45) is 5.50. The molecule has 94 valence electrons. The SMILES string of the molecule is CC1CCC(Cn2cnnc2SCC(=O)O)C1. The second-order valence-corrected chi connectivity index (χ2v) is 5.68.